The van der Waals surface area contributed by atoms with Gasteiger partial charge in [-0.05, 0) is 81.6 Å². The smallest absolute Gasteiger partial charge is 0.0167 e. The monoisotopic (exact) mass is 262 g/mol. The van der Waals surface area contributed by atoms with E-state index in [-0.39, 0.29) is 0 Å². The molecule has 0 amide bonds. The molecule has 1 atom stereocenters. The minimum atomic E-state index is 0.701. The minimum absolute atomic E-state index is 0.701. The normalized spacial score (nSPS) is 49.7. The van der Waals surface area contributed by atoms with E-state index in [9.17, 15) is 0 Å². The number of rotatable bonds is 3. The van der Waals surface area contributed by atoms with Crippen molar-refractivity contribution in [2.75, 3.05) is 26.2 Å². The van der Waals surface area contributed by atoms with E-state index in [1.165, 1.54) is 32.6 Å². The van der Waals surface area contributed by atoms with E-state index in [1.54, 1.807) is 32.1 Å². The van der Waals surface area contributed by atoms with E-state index in [1.807, 2.05) is 0 Å². The zero-order chi connectivity index (χ0) is 12.8. The molecule has 0 radical (unpaired) electrons. The van der Waals surface area contributed by atoms with Crippen molar-refractivity contribution in [3.63, 3.8) is 0 Å². The Labute approximate surface area is 118 Å². The van der Waals surface area contributed by atoms with Gasteiger partial charge in [0.2, 0.25) is 0 Å². The highest BCUT2D eigenvalue weighted by Crippen LogP contribution is 2.57. The summed E-state index contributed by atoms with van der Waals surface area (Å²) in [5.41, 5.74) is 0. The summed E-state index contributed by atoms with van der Waals surface area (Å²) < 4.78 is 0. The molecule has 0 spiro atoms. The van der Waals surface area contributed by atoms with Crippen LogP contribution in [0, 0.1) is 29.6 Å². The number of hydrogen-bond donors (Lipinski definition) is 1. The Kier molecular flexibility index (Phi) is 3.35. The molecular weight excluding hydrogens is 232 g/mol. The summed E-state index contributed by atoms with van der Waals surface area (Å²) in [6.07, 6.45) is 9.47. The molecular formula is C17H30N2. The molecule has 1 heterocycles. The first-order chi connectivity index (χ1) is 9.28. The lowest BCUT2D eigenvalue weighted by atomic mass is 9.51. The van der Waals surface area contributed by atoms with Gasteiger partial charge < -0.3 is 10.2 Å². The molecule has 0 aromatic carbocycles. The molecule has 1 unspecified atom stereocenters. The fraction of sp³-hybridized carbons (Fsp3) is 1.00. The maximum absolute atomic E-state index is 3.56. The van der Waals surface area contributed by atoms with E-state index in [4.69, 9.17) is 0 Å². The fourth-order valence-electron chi connectivity index (χ4n) is 6.06. The standard InChI is InChI=1S/C17H30N2/c1-12-11-19(5-3-18-12)4-2-17-15-7-13-6-14(9-15)10-16(17)8-13/h12-18H,2-11H2,1H3. The Balaban J connectivity index is 1.33. The summed E-state index contributed by atoms with van der Waals surface area (Å²) in [6, 6.07) is 0.701. The van der Waals surface area contributed by atoms with Gasteiger partial charge in [0.05, 0.1) is 0 Å². The largest absolute Gasteiger partial charge is 0.312 e. The zero-order valence-corrected chi connectivity index (χ0v) is 12.5. The Hall–Kier alpha value is -0.0800. The van der Waals surface area contributed by atoms with Crippen molar-refractivity contribution < 1.29 is 0 Å². The van der Waals surface area contributed by atoms with Crippen molar-refractivity contribution in [2.45, 2.75) is 51.5 Å². The van der Waals surface area contributed by atoms with Crippen LogP contribution in [0.1, 0.15) is 45.4 Å². The molecule has 1 saturated heterocycles. The molecule has 2 heteroatoms. The van der Waals surface area contributed by atoms with Crippen molar-refractivity contribution in [3.05, 3.63) is 0 Å². The average molecular weight is 262 g/mol. The van der Waals surface area contributed by atoms with E-state index < -0.39 is 0 Å². The predicted octanol–water partition coefficient (Wildman–Crippen LogP) is 2.74. The van der Waals surface area contributed by atoms with Gasteiger partial charge in [0.25, 0.3) is 0 Å². The Bertz CT molecular complexity index is 299. The number of piperazine rings is 1. The third kappa shape index (κ3) is 2.47. The van der Waals surface area contributed by atoms with Crippen LogP contribution in [0.5, 0.6) is 0 Å². The fourth-order valence-corrected chi connectivity index (χ4v) is 6.06. The SMILES string of the molecule is CC1CN(CCC2C3CC4CC(C3)CC2C4)CCN1. The quantitative estimate of drug-likeness (QED) is 0.841. The highest BCUT2D eigenvalue weighted by molar-refractivity contribution is 4.98. The van der Waals surface area contributed by atoms with E-state index in [2.05, 4.69) is 17.1 Å². The lowest BCUT2D eigenvalue weighted by Crippen LogP contribution is -2.50. The molecule has 2 nitrogen and oxygen atoms in total. The number of hydrogen-bond acceptors (Lipinski definition) is 2. The highest BCUT2D eigenvalue weighted by Gasteiger charge is 2.47. The van der Waals surface area contributed by atoms with Gasteiger partial charge in [-0.2, -0.15) is 0 Å². The average Bonchev–Trinajstić information content (AvgIpc) is 2.37. The van der Waals surface area contributed by atoms with Gasteiger partial charge in [0.1, 0.15) is 0 Å². The lowest BCUT2D eigenvalue weighted by molar-refractivity contribution is -0.0431. The van der Waals surface area contributed by atoms with E-state index in [0.717, 1.165) is 29.6 Å². The molecule has 0 aromatic heterocycles. The molecule has 4 bridgehead atoms. The van der Waals surface area contributed by atoms with Crippen LogP contribution in [0.2, 0.25) is 0 Å². The van der Waals surface area contributed by atoms with Crippen molar-refractivity contribution >= 4 is 0 Å². The first-order valence-corrected chi connectivity index (χ1v) is 8.73. The van der Waals surface area contributed by atoms with Crippen LogP contribution < -0.4 is 5.32 Å². The van der Waals surface area contributed by atoms with Gasteiger partial charge in [-0.3, -0.25) is 0 Å². The molecule has 0 aromatic rings. The minimum Gasteiger partial charge on any atom is -0.312 e. The topological polar surface area (TPSA) is 15.3 Å². The van der Waals surface area contributed by atoms with Gasteiger partial charge in [0, 0.05) is 25.7 Å². The summed E-state index contributed by atoms with van der Waals surface area (Å²) in [5.74, 6) is 5.61. The van der Waals surface area contributed by atoms with Crippen molar-refractivity contribution in [1.82, 2.24) is 10.2 Å². The van der Waals surface area contributed by atoms with Crippen molar-refractivity contribution in [2.24, 2.45) is 29.6 Å². The van der Waals surface area contributed by atoms with Crippen LogP contribution >= 0.6 is 0 Å². The van der Waals surface area contributed by atoms with Gasteiger partial charge in [-0.1, -0.05) is 0 Å². The van der Waals surface area contributed by atoms with Gasteiger partial charge >= 0.3 is 0 Å². The van der Waals surface area contributed by atoms with Gasteiger partial charge in [-0.15, -0.1) is 0 Å². The molecule has 5 aliphatic rings. The van der Waals surface area contributed by atoms with Crippen LogP contribution in [0.3, 0.4) is 0 Å². The zero-order valence-electron chi connectivity index (χ0n) is 12.5. The number of nitrogens with zero attached hydrogens (tertiary/aromatic N) is 1. The lowest BCUT2D eigenvalue weighted by Gasteiger charge is -2.55. The maximum Gasteiger partial charge on any atom is 0.0167 e. The summed E-state index contributed by atoms with van der Waals surface area (Å²) in [5, 5.41) is 3.56. The van der Waals surface area contributed by atoms with Crippen LogP contribution in [0.4, 0.5) is 0 Å². The van der Waals surface area contributed by atoms with E-state index in [0.29, 0.717) is 6.04 Å². The van der Waals surface area contributed by atoms with Crippen LogP contribution in [0.15, 0.2) is 0 Å². The molecule has 1 aliphatic heterocycles. The van der Waals surface area contributed by atoms with Gasteiger partial charge in [0.15, 0.2) is 0 Å². The Morgan fingerprint density at radius 1 is 1.00 bits per heavy atom. The third-order valence-electron chi connectivity index (χ3n) is 6.65. The molecule has 4 saturated carbocycles. The Morgan fingerprint density at radius 2 is 1.68 bits per heavy atom. The summed E-state index contributed by atoms with van der Waals surface area (Å²) in [4.78, 5) is 2.71. The second-order valence-electron chi connectivity index (χ2n) is 8.04. The van der Waals surface area contributed by atoms with Crippen LogP contribution in [-0.2, 0) is 0 Å². The van der Waals surface area contributed by atoms with E-state index >= 15 is 0 Å². The summed E-state index contributed by atoms with van der Waals surface area (Å²) in [6.45, 7) is 7.45. The molecule has 4 aliphatic carbocycles. The third-order valence-corrected chi connectivity index (χ3v) is 6.65. The first kappa shape index (κ1) is 12.6. The highest BCUT2D eigenvalue weighted by atomic mass is 15.2. The second kappa shape index (κ2) is 5.04. The van der Waals surface area contributed by atoms with Gasteiger partial charge in [-0.25, -0.2) is 0 Å². The maximum atomic E-state index is 3.56. The molecule has 5 rings (SSSR count). The molecule has 19 heavy (non-hydrogen) atoms. The van der Waals surface area contributed by atoms with Crippen LogP contribution in [0.25, 0.3) is 0 Å². The number of nitrogens with one attached hydrogen (secondary N) is 1. The molecule has 108 valence electrons. The second-order valence-corrected chi connectivity index (χ2v) is 8.04. The molecule has 5 fully saturated rings. The van der Waals surface area contributed by atoms with Crippen LogP contribution in [-0.4, -0.2) is 37.1 Å². The first-order valence-electron chi connectivity index (χ1n) is 8.73. The van der Waals surface area contributed by atoms with Crippen molar-refractivity contribution in [1.29, 1.82) is 0 Å². The summed E-state index contributed by atoms with van der Waals surface area (Å²) >= 11 is 0. The predicted molar refractivity (Wildman–Crippen MR) is 79.1 cm³/mol. The van der Waals surface area contributed by atoms with Crippen molar-refractivity contribution in [3.8, 4) is 0 Å². The Morgan fingerprint density at radius 3 is 2.32 bits per heavy atom. The summed E-state index contributed by atoms with van der Waals surface area (Å²) in [7, 11) is 0. The molecule has 1 N–H and O–H groups in total.